The zero-order valence-corrected chi connectivity index (χ0v) is 15.4. The molecule has 3 aromatic rings. The van der Waals surface area contributed by atoms with Crippen LogP contribution in [0.25, 0.3) is 0 Å². The van der Waals surface area contributed by atoms with Crippen LogP contribution in [0.4, 0.5) is 11.8 Å². The number of carbonyl (C=O) groups is 1. The molecular formula is C20H21N7O. The Hall–Kier alpha value is -3.55. The highest BCUT2D eigenvalue weighted by molar-refractivity contribution is 5.94. The molecule has 1 amide bonds. The quantitative estimate of drug-likeness (QED) is 0.723. The Kier molecular flexibility index (Phi) is 5.37. The van der Waals surface area contributed by atoms with Crippen LogP contribution < -0.4 is 15.1 Å². The predicted molar refractivity (Wildman–Crippen MR) is 106 cm³/mol. The smallest absolute Gasteiger partial charge is 0.251 e. The molecule has 1 saturated heterocycles. The van der Waals surface area contributed by atoms with Crippen molar-refractivity contribution in [3.63, 3.8) is 0 Å². The van der Waals surface area contributed by atoms with Gasteiger partial charge in [0, 0.05) is 69.3 Å². The number of pyridine rings is 2. The van der Waals surface area contributed by atoms with Crippen LogP contribution in [0.15, 0.2) is 61.3 Å². The molecule has 0 aliphatic carbocycles. The molecule has 4 rings (SSSR count). The number of nitrogens with zero attached hydrogens (tertiary/aromatic N) is 6. The third-order valence-corrected chi connectivity index (χ3v) is 4.62. The average Bonchev–Trinajstić information content (AvgIpc) is 2.79. The topological polar surface area (TPSA) is 87.1 Å². The van der Waals surface area contributed by atoms with Crippen LogP contribution in [0.1, 0.15) is 15.9 Å². The first-order chi connectivity index (χ1) is 13.8. The lowest BCUT2D eigenvalue weighted by Crippen LogP contribution is -2.47. The van der Waals surface area contributed by atoms with Crippen LogP contribution in [0.5, 0.6) is 0 Å². The number of hydrogen-bond donors (Lipinski definition) is 1. The summed E-state index contributed by atoms with van der Waals surface area (Å²) in [5.74, 6) is 1.44. The highest BCUT2D eigenvalue weighted by atomic mass is 16.1. The molecule has 0 spiro atoms. The van der Waals surface area contributed by atoms with Gasteiger partial charge in [0.1, 0.15) is 5.82 Å². The third-order valence-electron chi connectivity index (χ3n) is 4.62. The van der Waals surface area contributed by atoms with Crippen LogP contribution >= 0.6 is 0 Å². The Morgan fingerprint density at radius 1 is 0.929 bits per heavy atom. The van der Waals surface area contributed by atoms with E-state index in [1.54, 1.807) is 37.1 Å². The minimum absolute atomic E-state index is 0.121. The molecule has 1 fully saturated rings. The van der Waals surface area contributed by atoms with Gasteiger partial charge >= 0.3 is 0 Å². The Morgan fingerprint density at radius 3 is 2.46 bits per heavy atom. The lowest BCUT2D eigenvalue weighted by atomic mass is 10.2. The maximum Gasteiger partial charge on any atom is 0.251 e. The minimum atomic E-state index is -0.121. The van der Waals surface area contributed by atoms with E-state index in [9.17, 15) is 4.79 Å². The van der Waals surface area contributed by atoms with Crippen molar-refractivity contribution in [2.75, 3.05) is 36.0 Å². The number of piperazine rings is 1. The summed E-state index contributed by atoms with van der Waals surface area (Å²) in [6, 6.07) is 9.17. The fourth-order valence-corrected chi connectivity index (χ4v) is 3.11. The number of rotatable bonds is 5. The van der Waals surface area contributed by atoms with Crippen molar-refractivity contribution in [3.05, 3.63) is 72.4 Å². The number of nitrogens with one attached hydrogen (secondary N) is 1. The third kappa shape index (κ3) is 4.22. The van der Waals surface area contributed by atoms with Crippen LogP contribution in [0.3, 0.4) is 0 Å². The number of amides is 1. The molecule has 0 aromatic carbocycles. The molecule has 1 aliphatic rings. The monoisotopic (exact) mass is 375 g/mol. The molecule has 28 heavy (non-hydrogen) atoms. The zero-order valence-electron chi connectivity index (χ0n) is 15.4. The Bertz CT molecular complexity index is 912. The van der Waals surface area contributed by atoms with Gasteiger partial charge in [0.15, 0.2) is 0 Å². The van der Waals surface area contributed by atoms with Gasteiger partial charge in [-0.15, -0.1) is 0 Å². The summed E-state index contributed by atoms with van der Waals surface area (Å²) in [6.45, 7) is 3.66. The predicted octanol–water partition coefficient (Wildman–Crippen LogP) is 1.52. The molecule has 0 atom stereocenters. The van der Waals surface area contributed by atoms with E-state index >= 15 is 0 Å². The summed E-state index contributed by atoms with van der Waals surface area (Å²) in [4.78, 5) is 33.9. The second-order valence-corrected chi connectivity index (χ2v) is 6.47. The molecule has 0 saturated carbocycles. The van der Waals surface area contributed by atoms with E-state index in [0.29, 0.717) is 12.1 Å². The molecule has 0 bridgehead atoms. The van der Waals surface area contributed by atoms with Gasteiger partial charge in [0.2, 0.25) is 5.95 Å². The van der Waals surface area contributed by atoms with Crippen molar-refractivity contribution in [3.8, 4) is 0 Å². The summed E-state index contributed by atoms with van der Waals surface area (Å²) in [5.41, 5.74) is 1.56. The van der Waals surface area contributed by atoms with Crippen molar-refractivity contribution >= 4 is 17.7 Å². The van der Waals surface area contributed by atoms with Crippen molar-refractivity contribution in [2.45, 2.75) is 6.54 Å². The molecule has 0 unspecified atom stereocenters. The fourth-order valence-electron chi connectivity index (χ4n) is 3.11. The summed E-state index contributed by atoms with van der Waals surface area (Å²) in [7, 11) is 0. The SMILES string of the molecule is O=C(NCc1cccnc1)c1ccnc(N2CCN(c3ncccn3)CC2)c1. The average molecular weight is 375 g/mol. The van der Waals surface area contributed by atoms with E-state index < -0.39 is 0 Å². The van der Waals surface area contributed by atoms with Gasteiger partial charge in [-0.2, -0.15) is 0 Å². The first kappa shape index (κ1) is 17.8. The molecule has 142 valence electrons. The van der Waals surface area contributed by atoms with Crippen LogP contribution in [-0.4, -0.2) is 52.0 Å². The van der Waals surface area contributed by atoms with Crippen molar-refractivity contribution < 1.29 is 4.79 Å². The molecule has 8 heteroatoms. The van der Waals surface area contributed by atoms with Crippen molar-refractivity contribution in [1.29, 1.82) is 0 Å². The van der Waals surface area contributed by atoms with Crippen molar-refractivity contribution in [2.24, 2.45) is 0 Å². The Balaban J connectivity index is 1.37. The molecule has 0 radical (unpaired) electrons. The lowest BCUT2D eigenvalue weighted by molar-refractivity contribution is 0.0951. The standard InChI is InChI=1S/C20H21N7O/c28-19(25-15-16-3-1-5-21-14-16)17-4-8-22-18(13-17)26-9-11-27(12-10-26)20-23-6-2-7-24-20/h1-8,13-14H,9-12,15H2,(H,25,28). The second-order valence-electron chi connectivity index (χ2n) is 6.47. The largest absolute Gasteiger partial charge is 0.353 e. The molecule has 4 heterocycles. The second kappa shape index (κ2) is 8.43. The number of anilines is 2. The van der Waals surface area contributed by atoms with Crippen molar-refractivity contribution in [1.82, 2.24) is 25.3 Å². The van der Waals surface area contributed by atoms with Crippen LogP contribution in [0.2, 0.25) is 0 Å². The van der Waals surface area contributed by atoms with Gasteiger partial charge < -0.3 is 15.1 Å². The van der Waals surface area contributed by atoms with Crippen LogP contribution in [0, 0.1) is 0 Å². The van der Waals surface area contributed by atoms with E-state index in [1.165, 1.54) is 0 Å². The molecule has 8 nitrogen and oxygen atoms in total. The first-order valence-electron chi connectivity index (χ1n) is 9.20. The maximum atomic E-state index is 12.5. The maximum absolute atomic E-state index is 12.5. The Labute approximate surface area is 163 Å². The van der Waals surface area contributed by atoms with E-state index in [1.807, 2.05) is 24.3 Å². The van der Waals surface area contributed by atoms with E-state index in [4.69, 9.17) is 0 Å². The van der Waals surface area contributed by atoms with E-state index in [0.717, 1.165) is 43.5 Å². The van der Waals surface area contributed by atoms with Gasteiger partial charge in [0.25, 0.3) is 5.91 Å². The molecule has 3 aromatic heterocycles. The molecule has 1 N–H and O–H groups in total. The fraction of sp³-hybridized carbons (Fsp3) is 0.250. The van der Waals surface area contributed by atoms with Crippen LogP contribution in [-0.2, 0) is 6.54 Å². The number of aromatic nitrogens is 4. The van der Waals surface area contributed by atoms with E-state index in [-0.39, 0.29) is 5.91 Å². The zero-order chi connectivity index (χ0) is 19.2. The highest BCUT2D eigenvalue weighted by Gasteiger charge is 2.20. The first-order valence-corrected chi connectivity index (χ1v) is 9.20. The number of hydrogen-bond acceptors (Lipinski definition) is 7. The van der Waals surface area contributed by atoms with Gasteiger partial charge in [0.05, 0.1) is 0 Å². The minimum Gasteiger partial charge on any atom is -0.353 e. The summed E-state index contributed by atoms with van der Waals surface area (Å²) in [6.07, 6.45) is 8.65. The van der Waals surface area contributed by atoms with Gasteiger partial charge in [-0.1, -0.05) is 6.07 Å². The number of carbonyl (C=O) groups excluding carboxylic acids is 1. The normalized spacial score (nSPS) is 14.0. The summed E-state index contributed by atoms with van der Waals surface area (Å²) >= 11 is 0. The summed E-state index contributed by atoms with van der Waals surface area (Å²) in [5, 5.41) is 2.92. The Morgan fingerprint density at radius 2 is 1.71 bits per heavy atom. The van der Waals surface area contributed by atoms with E-state index in [2.05, 4.69) is 35.1 Å². The highest BCUT2D eigenvalue weighted by Crippen LogP contribution is 2.17. The summed E-state index contributed by atoms with van der Waals surface area (Å²) < 4.78 is 0. The molecular weight excluding hydrogens is 354 g/mol. The van der Waals surface area contributed by atoms with Gasteiger partial charge in [-0.25, -0.2) is 15.0 Å². The van der Waals surface area contributed by atoms with Gasteiger partial charge in [-0.3, -0.25) is 9.78 Å². The lowest BCUT2D eigenvalue weighted by Gasteiger charge is -2.35. The van der Waals surface area contributed by atoms with Gasteiger partial charge in [-0.05, 0) is 29.8 Å². The molecule has 1 aliphatic heterocycles.